The predicted molar refractivity (Wildman–Crippen MR) is 65.3 cm³/mol. The SMILES string of the molecule is CCC(=O)Cc1ccc2scnc2c1[N+](=O)[O-]. The van der Waals surface area contributed by atoms with Crippen molar-refractivity contribution in [3.05, 3.63) is 33.3 Å². The standard InChI is InChI=1S/C11H10N2O3S/c1-2-8(14)5-7-3-4-9-10(12-6-17-9)11(7)13(15)16/h3-4,6H,2,5H2,1H3. The van der Waals surface area contributed by atoms with E-state index >= 15 is 0 Å². The quantitative estimate of drug-likeness (QED) is 0.617. The van der Waals surface area contributed by atoms with Crippen LogP contribution < -0.4 is 0 Å². The second-order valence-corrected chi connectivity index (χ2v) is 4.48. The van der Waals surface area contributed by atoms with Crippen molar-refractivity contribution in [1.82, 2.24) is 4.98 Å². The van der Waals surface area contributed by atoms with Gasteiger partial charge in [0.2, 0.25) is 0 Å². The number of hydrogen-bond donors (Lipinski definition) is 0. The molecule has 1 aromatic heterocycles. The van der Waals surface area contributed by atoms with Gasteiger partial charge in [-0.25, -0.2) is 4.98 Å². The van der Waals surface area contributed by atoms with Crippen LogP contribution in [-0.4, -0.2) is 15.7 Å². The van der Waals surface area contributed by atoms with Crippen LogP contribution in [0, 0.1) is 10.1 Å². The molecule has 0 aliphatic heterocycles. The molecule has 0 unspecified atom stereocenters. The number of carbonyl (C=O) groups is 1. The molecule has 0 saturated heterocycles. The Hall–Kier alpha value is -1.82. The van der Waals surface area contributed by atoms with E-state index in [1.807, 2.05) is 0 Å². The van der Waals surface area contributed by atoms with Crippen LogP contribution in [0.2, 0.25) is 0 Å². The van der Waals surface area contributed by atoms with E-state index in [4.69, 9.17) is 0 Å². The normalized spacial score (nSPS) is 10.6. The van der Waals surface area contributed by atoms with Crippen molar-refractivity contribution in [1.29, 1.82) is 0 Å². The Morgan fingerprint density at radius 2 is 2.29 bits per heavy atom. The van der Waals surface area contributed by atoms with Gasteiger partial charge in [0.15, 0.2) is 5.52 Å². The maximum Gasteiger partial charge on any atom is 0.299 e. The number of rotatable bonds is 4. The first-order valence-electron chi connectivity index (χ1n) is 5.14. The smallest absolute Gasteiger partial charge is 0.299 e. The molecular formula is C11H10N2O3S. The lowest BCUT2D eigenvalue weighted by Crippen LogP contribution is -2.04. The van der Waals surface area contributed by atoms with Crippen molar-refractivity contribution in [3.8, 4) is 0 Å². The van der Waals surface area contributed by atoms with Crippen molar-refractivity contribution in [3.63, 3.8) is 0 Å². The van der Waals surface area contributed by atoms with E-state index in [1.165, 1.54) is 11.3 Å². The van der Waals surface area contributed by atoms with E-state index in [-0.39, 0.29) is 17.9 Å². The van der Waals surface area contributed by atoms with Gasteiger partial charge in [0.05, 0.1) is 15.1 Å². The highest BCUT2D eigenvalue weighted by Crippen LogP contribution is 2.31. The minimum absolute atomic E-state index is 0.0114. The fourth-order valence-electron chi connectivity index (χ4n) is 1.64. The number of ketones is 1. The van der Waals surface area contributed by atoms with Crippen LogP contribution in [0.1, 0.15) is 18.9 Å². The van der Waals surface area contributed by atoms with E-state index in [0.717, 1.165) is 4.70 Å². The van der Waals surface area contributed by atoms with Crippen molar-refractivity contribution in [2.45, 2.75) is 19.8 Å². The fourth-order valence-corrected chi connectivity index (χ4v) is 2.32. The molecule has 6 heteroatoms. The molecule has 1 heterocycles. The van der Waals surface area contributed by atoms with Gasteiger partial charge in [0.25, 0.3) is 5.69 Å². The predicted octanol–water partition coefficient (Wildman–Crippen LogP) is 2.73. The maximum atomic E-state index is 11.4. The van der Waals surface area contributed by atoms with E-state index in [2.05, 4.69) is 4.98 Å². The van der Waals surface area contributed by atoms with E-state index in [0.29, 0.717) is 17.5 Å². The Kier molecular flexibility index (Phi) is 3.14. The summed E-state index contributed by atoms with van der Waals surface area (Å²) in [5, 5.41) is 11.1. The lowest BCUT2D eigenvalue weighted by Gasteiger charge is -2.01. The lowest BCUT2D eigenvalue weighted by atomic mass is 10.0. The molecule has 0 amide bonds. The number of thiazole rings is 1. The van der Waals surface area contributed by atoms with Crippen LogP contribution >= 0.6 is 11.3 Å². The maximum absolute atomic E-state index is 11.4. The van der Waals surface area contributed by atoms with Gasteiger partial charge in [-0.15, -0.1) is 11.3 Å². The molecule has 0 bridgehead atoms. The Morgan fingerprint density at radius 3 is 2.94 bits per heavy atom. The zero-order valence-electron chi connectivity index (χ0n) is 9.17. The highest BCUT2D eigenvalue weighted by atomic mass is 32.1. The van der Waals surface area contributed by atoms with Crippen molar-refractivity contribution in [2.24, 2.45) is 0 Å². The summed E-state index contributed by atoms with van der Waals surface area (Å²) in [5.74, 6) is -0.0114. The molecule has 0 N–H and O–H groups in total. The molecule has 5 nitrogen and oxygen atoms in total. The number of nitro groups is 1. The molecule has 88 valence electrons. The number of nitro benzene ring substituents is 1. The van der Waals surface area contributed by atoms with Gasteiger partial charge in [-0.2, -0.15) is 0 Å². The number of benzene rings is 1. The number of nitrogens with zero attached hydrogens (tertiary/aromatic N) is 2. The third-order valence-corrected chi connectivity index (χ3v) is 3.32. The van der Waals surface area contributed by atoms with Crippen molar-refractivity contribution in [2.75, 3.05) is 0 Å². The van der Waals surface area contributed by atoms with Crippen molar-refractivity contribution < 1.29 is 9.72 Å². The summed E-state index contributed by atoms with van der Waals surface area (Å²) in [4.78, 5) is 26.0. The van der Waals surface area contributed by atoms with Gasteiger partial charge in [-0.1, -0.05) is 13.0 Å². The molecule has 0 atom stereocenters. The first-order chi connectivity index (χ1) is 8.13. The lowest BCUT2D eigenvalue weighted by molar-refractivity contribution is -0.383. The van der Waals surface area contributed by atoms with Crippen LogP contribution in [0.3, 0.4) is 0 Å². The van der Waals surface area contributed by atoms with Gasteiger partial charge in [-0.3, -0.25) is 14.9 Å². The Bertz CT molecular complexity index is 591. The average molecular weight is 250 g/mol. The van der Waals surface area contributed by atoms with Crippen molar-refractivity contribution >= 4 is 33.0 Å². The Balaban J connectivity index is 2.58. The van der Waals surface area contributed by atoms with Crippen LogP contribution in [0.25, 0.3) is 10.2 Å². The fraction of sp³-hybridized carbons (Fsp3) is 0.273. The second-order valence-electron chi connectivity index (χ2n) is 3.60. The number of hydrogen-bond acceptors (Lipinski definition) is 5. The second kappa shape index (κ2) is 4.58. The zero-order chi connectivity index (χ0) is 12.4. The molecule has 0 radical (unpaired) electrons. The molecule has 1 aromatic carbocycles. The van der Waals surface area contributed by atoms with Gasteiger partial charge >= 0.3 is 0 Å². The van der Waals surface area contributed by atoms with Gasteiger partial charge in [0.1, 0.15) is 5.78 Å². The summed E-state index contributed by atoms with van der Waals surface area (Å²) in [6.45, 7) is 1.75. The van der Waals surface area contributed by atoms with E-state index < -0.39 is 4.92 Å². The number of Topliss-reactive ketones (excluding diaryl/α,β-unsaturated/α-hetero) is 1. The first kappa shape index (κ1) is 11.7. The third-order valence-electron chi connectivity index (χ3n) is 2.52. The molecule has 17 heavy (non-hydrogen) atoms. The average Bonchev–Trinajstić information content (AvgIpc) is 2.75. The number of fused-ring (bicyclic) bond motifs is 1. The highest BCUT2D eigenvalue weighted by Gasteiger charge is 2.21. The molecule has 0 spiro atoms. The van der Waals surface area contributed by atoms with Crippen LogP contribution in [0.5, 0.6) is 0 Å². The molecule has 0 aliphatic rings. The monoisotopic (exact) mass is 250 g/mol. The molecule has 0 saturated carbocycles. The molecule has 0 fully saturated rings. The van der Waals surface area contributed by atoms with Gasteiger partial charge in [0, 0.05) is 18.4 Å². The number of carbonyl (C=O) groups excluding carboxylic acids is 1. The van der Waals surface area contributed by atoms with E-state index in [1.54, 1.807) is 24.6 Å². The minimum atomic E-state index is -0.458. The molecule has 2 aromatic rings. The van der Waals surface area contributed by atoms with E-state index in [9.17, 15) is 14.9 Å². The number of aromatic nitrogens is 1. The summed E-state index contributed by atoms with van der Waals surface area (Å²) in [5.41, 5.74) is 2.36. The minimum Gasteiger partial charge on any atom is -0.299 e. The van der Waals surface area contributed by atoms with Gasteiger partial charge in [-0.05, 0) is 6.07 Å². The summed E-state index contributed by atoms with van der Waals surface area (Å²) in [6, 6.07) is 3.42. The Morgan fingerprint density at radius 1 is 1.53 bits per heavy atom. The summed E-state index contributed by atoms with van der Waals surface area (Å²) >= 11 is 1.35. The van der Waals surface area contributed by atoms with Crippen LogP contribution in [-0.2, 0) is 11.2 Å². The zero-order valence-corrected chi connectivity index (χ0v) is 9.99. The summed E-state index contributed by atoms with van der Waals surface area (Å²) < 4.78 is 0.768. The Labute approximate surface area is 101 Å². The summed E-state index contributed by atoms with van der Waals surface area (Å²) in [7, 11) is 0. The van der Waals surface area contributed by atoms with Crippen LogP contribution in [0.4, 0.5) is 5.69 Å². The molecule has 0 aliphatic carbocycles. The third kappa shape index (κ3) is 2.16. The molecular weight excluding hydrogens is 240 g/mol. The largest absolute Gasteiger partial charge is 0.299 e. The summed E-state index contributed by atoms with van der Waals surface area (Å²) in [6.07, 6.45) is 0.479. The van der Waals surface area contributed by atoms with Gasteiger partial charge < -0.3 is 0 Å². The highest BCUT2D eigenvalue weighted by molar-refractivity contribution is 7.16. The molecule has 2 rings (SSSR count). The van der Waals surface area contributed by atoms with Crippen LogP contribution in [0.15, 0.2) is 17.6 Å². The topological polar surface area (TPSA) is 73.1 Å². The first-order valence-corrected chi connectivity index (χ1v) is 6.02.